The summed E-state index contributed by atoms with van der Waals surface area (Å²) in [6, 6.07) is 3.70. The van der Waals surface area contributed by atoms with Crippen molar-refractivity contribution in [2.45, 2.75) is 38.3 Å². The zero-order valence-corrected chi connectivity index (χ0v) is 18.5. The maximum absolute atomic E-state index is 13.6. The maximum Gasteiger partial charge on any atom is 0.420 e. The number of esters is 1. The molecule has 2 aliphatic rings. The number of benzene rings is 1. The molecule has 0 saturated heterocycles. The molecular formula is C23H20F3N3O5. The molecule has 0 unspecified atom stereocenters. The molecule has 0 bridgehead atoms. The third-order valence-corrected chi connectivity index (χ3v) is 6.56. The van der Waals surface area contributed by atoms with Crippen molar-refractivity contribution in [3.8, 4) is 17.1 Å². The molecule has 34 heavy (non-hydrogen) atoms. The van der Waals surface area contributed by atoms with Crippen LogP contribution in [0.1, 0.15) is 35.6 Å². The van der Waals surface area contributed by atoms with E-state index in [1.54, 1.807) is 14.0 Å². The molecule has 0 saturated carbocycles. The van der Waals surface area contributed by atoms with Crippen molar-refractivity contribution in [1.29, 1.82) is 0 Å². The molecule has 0 amide bonds. The maximum atomic E-state index is 13.6. The van der Waals surface area contributed by atoms with Crippen LogP contribution in [-0.4, -0.2) is 34.8 Å². The molecule has 4 heterocycles. The summed E-state index contributed by atoms with van der Waals surface area (Å²) in [6.07, 6.45) is -4.68. The lowest BCUT2D eigenvalue weighted by Gasteiger charge is -2.31. The van der Waals surface area contributed by atoms with E-state index in [-0.39, 0.29) is 42.0 Å². The fourth-order valence-corrected chi connectivity index (χ4v) is 4.78. The standard InChI is InChI=1S/C23H20F3N3O5/c1-4-22(32)13-7-16-19-11(8-29(16)20(30)12(13)9-34-21(22)31)18(27-2)10-5-17(33-3)14(23(24,25)26)6-15(10)28-19/h5-7,32H,4,8-9H2,1-3H3,(H,27,28)/t22-/m0/s1. The van der Waals surface area contributed by atoms with E-state index in [1.807, 2.05) is 0 Å². The Morgan fingerprint density at radius 2 is 2.00 bits per heavy atom. The monoisotopic (exact) mass is 475 g/mol. The van der Waals surface area contributed by atoms with Crippen LogP contribution in [0.3, 0.4) is 0 Å². The van der Waals surface area contributed by atoms with Crippen LogP contribution in [-0.2, 0) is 34.5 Å². The van der Waals surface area contributed by atoms with Gasteiger partial charge in [-0.25, -0.2) is 9.78 Å². The third kappa shape index (κ3) is 2.86. The summed E-state index contributed by atoms with van der Waals surface area (Å²) in [7, 11) is 2.78. The quantitative estimate of drug-likeness (QED) is 0.439. The van der Waals surface area contributed by atoms with Crippen LogP contribution in [0.25, 0.3) is 22.3 Å². The summed E-state index contributed by atoms with van der Waals surface area (Å²) in [5.74, 6) is -1.19. The smallest absolute Gasteiger partial charge is 0.420 e. The van der Waals surface area contributed by atoms with E-state index in [0.717, 1.165) is 13.2 Å². The van der Waals surface area contributed by atoms with Crippen LogP contribution in [0.5, 0.6) is 5.75 Å². The number of cyclic esters (lactones) is 1. The minimum Gasteiger partial charge on any atom is -0.496 e. The molecule has 8 nitrogen and oxygen atoms in total. The molecule has 1 atom stereocenters. The van der Waals surface area contributed by atoms with Gasteiger partial charge in [-0.3, -0.25) is 4.79 Å². The van der Waals surface area contributed by atoms with Gasteiger partial charge in [-0.05, 0) is 24.6 Å². The number of rotatable bonds is 3. The number of methoxy groups -OCH3 is 1. The number of aromatic nitrogens is 2. The predicted molar refractivity (Wildman–Crippen MR) is 116 cm³/mol. The summed E-state index contributed by atoms with van der Waals surface area (Å²) in [5.41, 5.74) is -1.35. The van der Waals surface area contributed by atoms with E-state index in [9.17, 15) is 27.9 Å². The zero-order valence-electron chi connectivity index (χ0n) is 18.5. The number of halogens is 3. The van der Waals surface area contributed by atoms with Gasteiger partial charge in [0.25, 0.3) is 5.56 Å². The number of aliphatic hydroxyl groups is 1. The van der Waals surface area contributed by atoms with Gasteiger partial charge in [0.1, 0.15) is 12.4 Å². The second-order valence-corrected chi connectivity index (χ2v) is 8.23. The summed E-state index contributed by atoms with van der Waals surface area (Å²) in [6.45, 7) is 1.43. The highest BCUT2D eigenvalue weighted by molar-refractivity contribution is 5.98. The van der Waals surface area contributed by atoms with E-state index in [2.05, 4.69) is 10.3 Å². The number of pyridine rings is 2. The molecular weight excluding hydrogens is 455 g/mol. The van der Waals surface area contributed by atoms with Crippen molar-refractivity contribution in [1.82, 2.24) is 9.55 Å². The minimum absolute atomic E-state index is 0.0176. The Labute approximate surface area is 190 Å². The summed E-state index contributed by atoms with van der Waals surface area (Å²) >= 11 is 0. The van der Waals surface area contributed by atoms with Crippen molar-refractivity contribution < 1.29 is 32.5 Å². The first kappa shape index (κ1) is 22.2. The Kier molecular flexibility index (Phi) is 4.70. The lowest BCUT2D eigenvalue weighted by atomic mass is 9.86. The number of fused-ring (bicyclic) bond motifs is 5. The van der Waals surface area contributed by atoms with E-state index in [0.29, 0.717) is 28.0 Å². The van der Waals surface area contributed by atoms with Crippen molar-refractivity contribution in [3.05, 3.63) is 50.8 Å². The van der Waals surface area contributed by atoms with Crippen molar-refractivity contribution in [2.24, 2.45) is 0 Å². The highest BCUT2D eigenvalue weighted by atomic mass is 19.4. The first-order chi connectivity index (χ1) is 16.0. The van der Waals surface area contributed by atoms with Crippen LogP contribution in [0.4, 0.5) is 18.9 Å². The normalized spacial score (nSPS) is 18.9. The molecule has 2 N–H and O–H groups in total. The molecule has 3 aromatic rings. The first-order valence-corrected chi connectivity index (χ1v) is 10.5. The fourth-order valence-electron chi connectivity index (χ4n) is 4.78. The zero-order chi connectivity index (χ0) is 24.6. The molecule has 178 valence electrons. The molecule has 11 heteroatoms. The molecule has 5 rings (SSSR count). The van der Waals surface area contributed by atoms with Gasteiger partial charge in [0.2, 0.25) is 0 Å². The highest BCUT2D eigenvalue weighted by Gasteiger charge is 2.45. The van der Waals surface area contributed by atoms with Crippen molar-refractivity contribution in [3.63, 3.8) is 0 Å². The van der Waals surface area contributed by atoms with Gasteiger partial charge in [-0.1, -0.05) is 6.92 Å². The average molecular weight is 475 g/mol. The Morgan fingerprint density at radius 1 is 1.26 bits per heavy atom. The number of ether oxygens (including phenoxy) is 2. The summed E-state index contributed by atoms with van der Waals surface area (Å²) in [4.78, 5) is 30.1. The van der Waals surface area contributed by atoms with Gasteiger partial charge in [-0.15, -0.1) is 0 Å². The van der Waals surface area contributed by atoms with Gasteiger partial charge < -0.3 is 24.5 Å². The van der Waals surface area contributed by atoms with E-state index in [1.165, 1.54) is 16.7 Å². The van der Waals surface area contributed by atoms with Crippen molar-refractivity contribution >= 4 is 22.6 Å². The van der Waals surface area contributed by atoms with Crippen LogP contribution >= 0.6 is 0 Å². The largest absolute Gasteiger partial charge is 0.496 e. The Balaban J connectivity index is 1.83. The molecule has 2 aromatic heterocycles. The lowest BCUT2D eigenvalue weighted by Crippen LogP contribution is -2.44. The Hall–Kier alpha value is -3.60. The molecule has 1 aromatic carbocycles. The first-order valence-electron chi connectivity index (χ1n) is 10.5. The number of hydrogen-bond acceptors (Lipinski definition) is 7. The Morgan fingerprint density at radius 3 is 2.62 bits per heavy atom. The number of anilines is 1. The SMILES string of the molecule is CC[C@@]1(O)C(=O)OCc2c1cc1n(c2=O)Cc2c-1nc1cc(C(F)(F)F)c(OC)cc1c2NC. The number of nitrogens with one attached hydrogen (secondary N) is 1. The Bertz CT molecular complexity index is 1450. The van der Waals surface area contributed by atoms with E-state index < -0.39 is 28.9 Å². The lowest BCUT2D eigenvalue weighted by molar-refractivity contribution is -0.172. The van der Waals surface area contributed by atoms with Gasteiger partial charge in [0.15, 0.2) is 5.60 Å². The number of nitrogens with zero attached hydrogens (tertiary/aromatic N) is 2. The molecule has 2 aliphatic heterocycles. The molecule has 0 aliphatic carbocycles. The van der Waals surface area contributed by atoms with Crippen LogP contribution in [0.15, 0.2) is 23.0 Å². The average Bonchev–Trinajstić information content (AvgIpc) is 3.17. The highest BCUT2D eigenvalue weighted by Crippen LogP contribution is 2.45. The number of carbonyl (C=O) groups is 1. The van der Waals surface area contributed by atoms with Crippen molar-refractivity contribution in [2.75, 3.05) is 19.5 Å². The van der Waals surface area contributed by atoms with E-state index >= 15 is 0 Å². The molecule has 0 fully saturated rings. The van der Waals surface area contributed by atoms with Crippen LogP contribution in [0, 0.1) is 0 Å². The fraction of sp³-hybridized carbons (Fsp3) is 0.348. The second kappa shape index (κ2) is 7.20. The molecule has 0 radical (unpaired) electrons. The van der Waals surface area contributed by atoms with Crippen LogP contribution < -0.4 is 15.6 Å². The predicted octanol–water partition coefficient (Wildman–Crippen LogP) is 3.15. The van der Waals surface area contributed by atoms with Gasteiger partial charge in [0.05, 0.1) is 47.4 Å². The number of alkyl halides is 3. The van der Waals surface area contributed by atoms with Gasteiger partial charge >= 0.3 is 12.1 Å². The van der Waals surface area contributed by atoms with Crippen LogP contribution in [0.2, 0.25) is 0 Å². The summed E-state index contributed by atoms with van der Waals surface area (Å²) in [5, 5.41) is 14.4. The number of hydrogen-bond donors (Lipinski definition) is 2. The summed E-state index contributed by atoms with van der Waals surface area (Å²) < 4.78 is 52.3. The number of carbonyl (C=O) groups excluding carboxylic acids is 1. The molecule has 0 spiro atoms. The minimum atomic E-state index is -4.66. The topological polar surface area (TPSA) is 103 Å². The third-order valence-electron chi connectivity index (χ3n) is 6.56. The van der Waals surface area contributed by atoms with Gasteiger partial charge in [0, 0.05) is 23.6 Å². The second-order valence-electron chi connectivity index (χ2n) is 8.23. The van der Waals surface area contributed by atoms with E-state index in [4.69, 9.17) is 9.47 Å². The van der Waals surface area contributed by atoms with Gasteiger partial charge in [-0.2, -0.15) is 13.2 Å².